The zero-order chi connectivity index (χ0) is 19.3. The van der Waals surface area contributed by atoms with E-state index in [1.54, 1.807) is 0 Å². The molecule has 0 aliphatic heterocycles. The van der Waals surface area contributed by atoms with E-state index in [1.807, 2.05) is 36.4 Å². The number of nitrogens with one attached hydrogen (secondary N) is 1. The highest BCUT2D eigenvalue weighted by atomic mass is 16.5. The fourth-order valence-electron chi connectivity index (χ4n) is 5.13. The Morgan fingerprint density at radius 3 is 2.21 bits per heavy atom. The van der Waals surface area contributed by atoms with E-state index in [4.69, 9.17) is 4.74 Å². The summed E-state index contributed by atoms with van der Waals surface area (Å²) in [6.07, 6.45) is 4.21. The van der Waals surface area contributed by atoms with Crippen LogP contribution in [0.15, 0.2) is 60.7 Å². The highest BCUT2D eigenvalue weighted by molar-refractivity contribution is 5.79. The third kappa shape index (κ3) is 2.61. The summed E-state index contributed by atoms with van der Waals surface area (Å²) in [5, 5.41) is 12.3. The number of ether oxygens (including phenoxy) is 1. The molecule has 2 aromatic rings. The van der Waals surface area contributed by atoms with E-state index < -0.39 is 24.0 Å². The van der Waals surface area contributed by atoms with Crippen molar-refractivity contribution >= 4 is 12.1 Å². The molecule has 0 heterocycles. The number of carboxylic acids is 1. The lowest BCUT2D eigenvalue weighted by atomic mass is 9.89. The van der Waals surface area contributed by atoms with Gasteiger partial charge in [0.15, 0.2) is 0 Å². The maximum absolute atomic E-state index is 12.5. The van der Waals surface area contributed by atoms with Crippen molar-refractivity contribution in [1.29, 1.82) is 0 Å². The summed E-state index contributed by atoms with van der Waals surface area (Å²) >= 11 is 0. The molecule has 142 valence electrons. The Morgan fingerprint density at radius 2 is 1.57 bits per heavy atom. The maximum atomic E-state index is 12.5. The van der Waals surface area contributed by atoms with Crippen LogP contribution in [0.5, 0.6) is 0 Å². The first-order chi connectivity index (χ1) is 13.6. The second-order valence-electron chi connectivity index (χ2n) is 7.81. The minimum absolute atomic E-state index is 0.00128. The topological polar surface area (TPSA) is 75.6 Å². The normalized spacial score (nSPS) is 26.7. The van der Waals surface area contributed by atoms with E-state index in [9.17, 15) is 14.7 Å². The van der Waals surface area contributed by atoms with Gasteiger partial charge in [-0.25, -0.2) is 4.79 Å². The number of aliphatic carboxylic acids is 1. The van der Waals surface area contributed by atoms with Gasteiger partial charge in [-0.1, -0.05) is 60.7 Å². The summed E-state index contributed by atoms with van der Waals surface area (Å²) in [4.78, 5) is 24.1. The average Bonchev–Trinajstić information content (AvgIpc) is 3.38. The lowest BCUT2D eigenvalue weighted by Gasteiger charge is -2.25. The van der Waals surface area contributed by atoms with Crippen molar-refractivity contribution in [2.75, 3.05) is 6.61 Å². The van der Waals surface area contributed by atoms with E-state index in [-0.39, 0.29) is 24.4 Å². The number of fused-ring (bicyclic) bond motifs is 5. The van der Waals surface area contributed by atoms with Crippen LogP contribution in [0.2, 0.25) is 0 Å². The Labute approximate surface area is 163 Å². The van der Waals surface area contributed by atoms with Crippen LogP contribution in [0.1, 0.15) is 23.5 Å². The molecule has 3 aliphatic rings. The van der Waals surface area contributed by atoms with E-state index in [0.29, 0.717) is 0 Å². The highest BCUT2D eigenvalue weighted by Gasteiger charge is 2.49. The molecule has 2 N–H and O–H groups in total. The second kappa shape index (κ2) is 6.51. The number of carbonyl (C=O) groups is 2. The van der Waals surface area contributed by atoms with Gasteiger partial charge >= 0.3 is 12.1 Å². The number of hydrogen-bond acceptors (Lipinski definition) is 3. The molecule has 3 aliphatic carbocycles. The Bertz CT molecular complexity index is 937. The predicted octanol–water partition coefficient (Wildman–Crippen LogP) is 3.80. The third-order valence-electron chi connectivity index (χ3n) is 6.37. The summed E-state index contributed by atoms with van der Waals surface area (Å²) in [5.74, 6) is -1.36. The first kappa shape index (κ1) is 17.0. The number of alkyl carbamates (subject to hydrolysis) is 1. The molecule has 28 heavy (non-hydrogen) atoms. The third-order valence-corrected chi connectivity index (χ3v) is 6.37. The van der Waals surface area contributed by atoms with Crippen molar-refractivity contribution in [3.05, 3.63) is 71.8 Å². The predicted molar refractivity (Wildman–Crippen MR) is 104 cm³/mol. The molecular formula is C23H21NO4. The quantitative estimate of drug-likeness (QED) is 0.797. The molecule has 1 fully saturated rings. The number of carbonyl (C=O) groups excluding carboxylic acids is 1. The smallest absolute Gasteiger partial charge is 0.407 e. The molecule has 0 radical (unpaired) electrons. The SMILES string of the molecule is O=C(N[C@H]1[C@H](C(=O)O)[C@H]2C=C[C@H]1C2)OCC1c2ccccc2-c2ccccc21. The van der Waals surface area contributed by atoms with Gasteiger partial charge in [-0.05, 0) is 40.5 Å². The Balaban J connectivity index is 1.30. The molecule has 5 nitrogen and oxygen atoms in total. The zero-order valence-corrected chi connectivity index (χ0v) is 15.2. The van der Waals surface area contributed by atoms with Crippen LogP contribution in [0, 0.1) is 17.8 Å². The van der Waals surface area contributed by atoms with Crippen molar-refractivity contribution in [2.24, 2.45) is 17.8 Å². The van der Waals surface area contributed by atoms with Crippen LogP contribution in [-0.4, -0.2) is 29.8 Å². The van der Waals surface area contributed by atoms with Crippen molar-refractivity contribution in [1.82, 2.24) is 5.32 Å². The maximum Gasteiger partial charge on any atom is 0.407 e. The summed E-state index contributed by atoms with van der Waals surface area (Å²) in [6.45, 7) is 0.230. The van der Waals surface area contributed by atoms with Gasteiger partial charge in [-0.15, -0.1) is 0 Å². The molecule has 0 unspecified atom stereocenters. The average molecular weight is 375 g/mol. The Kier molecular flexibility index (Phi) is 3.97. The van der Waals surface area contributed by atoms with Gasteiger partial charge in [0, 0.05) is 5.92 Å². The number of allylic oxidation sites excluding steroid dienone is 1. The van der Waals surface area contributed by atoms with Gasteiger partial charge in [-0.3, -0.25) is 4.79 Å². The van der Waals surface area contributed by atoms with Gasteiger partial charge < -0.3 is 15.2 Å². The lowest BCUT2D eigenvalue weighted by Crippen LogP contribution is -2.46. The summed E-state index contributed by atoms with van der Waals surface area (Å²) in [5.41, 5.74) is 4.66. The van der Waals surface area contributed by atoms with Crippen LogP contribution in [0.3, 0.4) is 0 Å². The van der Waals surface area contributed by atoms with E-state index >= 15 is 0 Å². The molecular weight excluding hydrogens is 354 g/mol. The lowest BCUT2D eigenvalue weighted by molar-refractivity contribution is -0.143. The van der Waals surface area contributed by atoms with E-state index in [2.05, 4.69) is 29.6 Å². The van der Waals surface area contributed by atoms with E-state index in [0.717, 1.165) is 17.5 Å². The van der Waals surface area contributed by atoms with Gasteiger partial charge in [0.25, 0.3) is 0 Å². The van der Waals surface area contributed by atoms with Crippen LogP contribution in [-0.2, 0) is 9.53 Å². The molecule has 4 atom stereocenters. The monoisotopic (exact) mass is 375 g/mol. The molecule has 2 bridgehead atoms. The largest absolute Gasteiger partial charge is 0.481 e. The molecule has 1 amide bonds. The van der Waals surface area contributed by atoms with Crippen molar-refractivity contribution < 1.29 is 19.4 Å². The summed E-state index contributed by atoms with van der Waals surface area (Å²) in [6, 6.07) is 15.9. The second-order valence-corrected chi connectivity index (χ2v) is 7.81. The van der Waals surface area contributed by atoms with Gasteiger partial charge in [-0.2, -0.15) is 0 Å². The van der Waals surface area contributed by atoms with Crippen molar-refractivity contribution in [2.45, 2.75) is 18.4 Å². The first-order valence-corrected chi connectivity index (χ1v) is 9.66. The van der Waals surface area contributed by atoms with Crippen LogP contribution >= 0.6 is 0 Å². The highest BCUT2D eigenvalue weighted by Crippen LogP contribution is 2.45. The van der Waals surface area contributed by atoms with E-state index in [1.165, 1.54) is 11.1 Å². The van der Waals surface area contributed by atoms with Crippen LogP contribution < -0.4 is 5.32 Å². The minimum atomic E-state index is -0.860. The molecule has 0 saturated heterocycles. The van der Waals surface area contributed by atoms with Crippen LogP contribution in [0.25, 0.3) is 11.1 Å². The molecule has 0 spiro atoms. The van der Waals surface area contributed by atoms with Crippen molar-refractivity contribution in [3.63, 3.8) is 0 Å². The number of amides is 1. The Morgan fingerprint density at radius 1 is 0.964 bits per heavy atom. The summed E-state index contributed by atoms with van der Waals surface area (Å²) in [7, 11) is 0. The number of carboxylic acid groups (broad SMARTS) is 1. The number of benzene rings is 2. The zero-order valence-electron chi connectivity index (χ0n) is 15.2. The number of rotatable bonds is 4. The Hall–Kier alpha value is -3.08. The number of hydrogen-bond donors (Lipinski definition) is 2. The fourth-order valence-corrected chi connectivity index (χ4v) is 5.13. The minimum Gasteiger partial charge on any atom is -0.481 e. The molecule has 5 rings (SSSR count). The molecule has 5 heteroatoms. The fraction of sp³-hybridized carbons (Fsp3) is 0.304. The van der Waals surface area contributed by atoms with Gasteiger partial charge in [0.1, 0.15) is 6.61 Å². The first-order valence-electron chi connectivity index (χ1n) is 9.66. The molecule has 2 aromatic carbocycles. The van der Waals surface area contributed by atoms with Gasteiger partial charge in [0.05, 0.1) is 12.0 Å². The van der Waals surface area contributed by atoms with Crippen molar-refractivity contribution in [3.8, 4) is 11.1 Å². The molecule has 0 aromatic heterocycles. The molecule has 1 saturated carbocycles. The van der Waals surface area contributed by atoms with Gasteiger partial charge in [0.2, 0.25) is 0 Å². The summed E-state index contributed by atoms with van der Waals surface area (Å²) < 4.78 is 5.57. The standard InChI is InChI=1S/C23H21NO4/c25-22(26)20-13-9-10-14(11-13)21(20)24-23(27)28-12-19-17-7-3-1-5-15(17)16-6-2-4-8-18(16)19/h1-10,13-14,19-21H,11-12H2,(H,24,27)(H,25,26)/t13-,14-,20+,21+/m0/s1. The van der Waals surface area contributed by atoms with Crippen LogP contribution in [0.4, 0.5) is 4.79 Å².